The van der Waals surface area contributed by atoms with Gasteiger partial charge in [0.05, 0.1) is 10.8 Å². The highest BCUT2D eigenvalue weighted by atomic mass is 32.2. The molecule has 1 atom stereocenters. The molecule has 1 saturated heterocycles. The van der Waals surface area contributed by atoms with Gasteiger partial charge in [-0.2, -0.15) is 0 Å². The van der Waals surface area contributed by atoms with E-state index in [1.54, 1.807) is 17.0 Å². The molecule has 2 aromatic carbocycles. The van der Waals surface area contributed by atoms with E-state index in [0.717, 1.165) is 11.8 Å². The van der Waals surface area contributed by atoms with Gasteiger partial charge in [0, 0.05) is 31.5 Å². The largest absolute Gasteiger partial charge is 0.338 e. The molecule has 136 valence electrons. The SMILES string of the molecule is CS(=O)(=O)c1ccc(NC(=O)[C@@H]2CC(=O)N(Cc3ccccc3)C2)cc1. The fourth-order valence-electron chi connectivity index (χ4n) is 2.93. The zero-order valence-corrected chi connectivity index (χ0v) is 15.2. The van der Waals surface area contributed by atoms with Crippen LogP contribution in [-0.2, 0) is 26.0 Å². The van der Waals surface area contributed by atoms with Crippen molar-refractivity contribution >= 4 is 27.3 Å². The molecule has 2 amide bonds. The second-order valence-electron chi connectivity index (χ2n) is 6.45. The van der Waals surface area contributed by atoms with Crippen molar-refractivity contribution < 1.29 is 18.0 Å². The Hall–Kier alpha value is -2.67. The molecule has 0 radical (unpaired) electrons. The summed E-state index contributed by atoms with van der Waals surface area (Å²) in [5.74, 6) is -0.691. The molecule has 6 nitrogen and oxygen atoms in total. The number of sulfone groups is 1. The smallest absolute Gasteiger partial charge is 0.229 e. The number of rotatable bonds is 5. The van der Waals surface area contributed by atoms with Crippen LogP contribution in [0, 0.1) is 5.92 Å². The minimum Gasteiger partial charge on any atom is -0.338 e. The van der Waals surface area contributed by atoms with E-state index in [9.17, 15) is 18.0 Å². The lowest BCUT2D eigenvalue weighted by molar-refractivity contribution is -0.128. The van der Waals surface area contributed by atoms with E-state index in [4.69, 9.17) is 0 Å². The molecule has 0 unspecified atom stereocenters. The lowest BCUT2D eigenvalue weighted by atomic mass is 10.1. The third kappa shape index (κ3) is 4.29. The number of carbonyl (C=O) groups excluding carboxylic acids is 2. The van der Waals surface area contributed by atoms with Crippen LogP contribution in [0.25, 0.3) is 0 Å². The Morgan fingerprint density at radius 2 is 1.77 bits per heavy atom. The zero-order valence-electron chi connectivity index (χ0n) is 14.4. The maximum atomic E-state index is 12.4. The van der Waals surface area contributed by atoms with E-state index >= 15 is 0 Å². The number of hydrogen-bond acceptors (Lipinski definition) is 4. The van der Waals surface area contributed by atoms with E-state index in [2.05, 4.69) is 5.32 Å². The number of nitrogens with one attached hydrogen (secondary N) is 1. The van der Waals surface area contributed by atoms with E-state index in [1.807, 2.05) is 30.3 Å². The first kappa shape index (κ1) is 18.1. The summed E-state index contributed by atoms with van der Waals surface area (Å²) in [7, 11) is -3.27. The van der Waals surface area contributed by atoms with Gasteiger partial charge < -0.3 is 10.2 Å². The van der Waals surface area contributed by atoms with Crippen molar-refractivity contribution in [1.29, 1.82) is 0 Å². The molecule has 1 aliphatic heterocycles. The highest BCUT2D eigenvalue weighted by Gasteiger charge is 2.34. The standard InChI is InChI=1S/C19H20N2O4S/c1-26(24,25)17-9-7-16(8-10-17)20-19(23)15-11-18(22)21(13-15)12-14-5-3-2-4-6-14/h2-10,15H,11-13H2,1H3,(H,20,23)/t15-/m1/s1. The molecular weight excluding hydrogens is 352 g/mol. The molecule has 0 aromatic heterocycles. The van der Waals surface area contributed by atoms with Gasteiger partial charge in [0.15, 0.2) is 9.84 Å². The average molecular weight is 372 g/mol. The minimum atomic E-state index is -3.27. The molecule has 7 heteroatoms. The summed E-state index contributed by atoms with van der Waals surface area (Å²) in [6.45, 7) is 0.869. The summed E-state index contributed by atoms with van der Waals surface area (Å²) in [5, 5.41) is 2.75. The van der Waals surface area contributed by atoms with Gasteiger partial charge in [0.2, 0.25) is 11.8 Å². The predicted octanol–water partition coefficient (Wildman–Crippen LogP) is 2.08. The molecule has 1 aliphatic rings. The third-order valence-electron chi connectivity index (χ3n) is 4.35. The van der Waals surface area contributed by atoms with Crippen molar-refractivity contribution in [2.45, 2.75) is 17.9 Å². The lowest BCUT2D eigenvalue weighted by Crippen LogP contribution is -2.28. The van der Waals surface area contributed by atoms with E-state index in [1.165, 1.54) is 12.1 Å². The van der Waals surface area contributed by atoms with Crippen LogP contribution in [0.4, 0.5) is 5.69 Å². The molecule has 3 rings (SSSR count). The Morgan fingerprint density at radius 1 is 1.12 bits per heavy atom. The van der Waals surface area contributed by atoms with Gasteiger partial charge in [-0.3, -0.25) is 9.59 Å². The Morgan fingerprint density at radius 3 is 2.38 bits per heavy atom. The van der Waals surface area contributed by atoms with Crippen LogP contribution < -0.4 is 5.32 Å². The molecule has 0 bridgehead atoms. The average Bonchev–Trinajstić information content (AvgIpc) is 2.96. The van der Waals surface area contributed by atoms with E-state index in [-0.39, 0.29) is 23.1 Å². The number of carbonyl (C=O) groups is 2. The Balaban J connectivity index is 1.61. The molecule has 1 fully saturated rings. The van der Waals surface area contributed by atoms with Crippen LogP contribution in [0.3, 0.4) is 0 Å². The summed E-state index contributed by atoms with van der Waals surface area (Å²) in [6.07, 6.45) is 1.31. The Kier molecular flexibility index (Phi) is 5.08. The highest BCUT2D eigenvalue weighted by molar-refractivity contribution is 7.90. The van der Waals surface area contributed by atoms with Crippen molar-refractivity contribution in [3.8, 4) is 0 Å². The molecular formula is C19H20N2O4S. The number of amides is 2. The quantitative estimate of drug-likeness (QED) is 0.871. The lowest BCUT2D eigenvalue weighted by Gasteiger charge is -2.16. The summed E-state index contributed by atoms with van der Waals surface area (Å²) in [5.41, 5.74) is 1.54. The topological polar surface area (TPSA) is 83.5 Å². The maximum Gasteiger partial charge on any atom is 0.229 e. The Bertz CT molecular complexity index is 908. The Labute approximate surface area is 152 Å². The van der Waals surface area contributed by atoms with Gasteiger partial charge in [0.1, 0.15) is 0 Å². The molecule has 0 aliphatic carbocycles. The highest BCUT2D eigenvalue weighted by Crippen LogP contribution is 2.22. The van der Waals surface area contributed by atoms with Gasteiger partial charge in [0.25, 0.3) is 0 Å². The summed E-state index contributed by atoms with van der Waals surface area (Å²) in [6, 6.07) is 15.6. The van der Waals surface area contributed by atoms with Crippen molar-refractivity contribution in [2.24, 2.45) is 5.92 Å². The van der Waals surface area contributed by atoms with Crippen LogP contribution in [0.5, 0.6) is 0 Å². The zero-order chi connectivity index (χ0) is 18.7. The van der Waals surface area contributed by atoms with E-state index < -0.39 is 15.8 Å². The number of anilines is 1. The number of hydrogen-bond donors (Lipinski definition) is 1. The van der Waals surface area contributed by atoms with Crippen LogP contribution in [0.1, 0.15) is 12.0 Å². The second-order valence-corrected chi connectivity index (χ2v) is 8.46. The fourth-order valence-corrected chi connectivity index (χ4v) is 3.56. The van der Waals surface area contributed by atoms with Crippen molar-refractivity contribution in [3.63, 3.8) is 0 Å². The first-order valence-corrected chi connectivity index (χ1v) is 10.1. The summed E-state index contributed by atoms with van der Waals surface area (Å²) < 4.78 is 22.9. The summed E-state index contributed by atoms with van der Waals surface area (Å²) in [4.78, 5) is 26.5. The van der Waals surface area contributed by atoms with Gasteiger partial charge >= 0.3 is 0 Å². The number of nitrogens with zero attached hydrogens (tertiary/aromatic N) is 1. The normalized spacial score (nSPS) is 17.3. The van der Waals surface area contributed by atoms with Gasteiger partial charge in [-0.05, 0) is 29.8 Å². The third-order valence-corrected chi connectivity index (χ3v) is 5.48. The predicted molar refractivity (Wildman–Crippen MR) is 98.1 cm³/mol. The van der Waals surface area contributed by atoms with Crippen LogP contribution in [-0.4, -0.2) is 37.9 Å². The molecule has 0 saturated carbocycles. The first-order chi connectivity index (χ1) is 12.3. The molecule has 0 spiro atoms. The fraction of sp³-hybridized carbons (Fsp3) is 0.263. The molecule has 26 heavy (non-hydrogen) atoms. The van der Waals surface area contributed by atoms with Gasteiger partial charge in [-0.1, -0.05) is 30.3 Å². The number of likely N-dealkylation sites (tertiary alicyclic amines) is 1. The monoisotopic (exact) mass is 372 g/mol. The number of benzene rings is 2. The van der Waals surface area contributed by atoms with Crippen LogP contribution in [0.15, 0.2) is 59.5 Å². The molecule has 1 N–H and O–H groups in total. The van der Waals surface area contributed by atoms with Gasteiger partial charge in [-0.25, -0.2) is 8.42 Å². The van der Waals surface area contributed by atoms with Crippen molar-refractivity contribution in [2.75, 3.05) is 18.1 Å². The first-order valence-electron chi connectivity index (χ1n) is 8.25. The van der Waals surface area contributed by atoms with Crippen molar-refractivity contribution in [1.82, 2.24) is 4.90 Å². The maximum absolute atomic E-state index is 12.4. The van der Waals surface area contributed by atoms with Gasteiger partial charge in [-0.15, -0.1) is 0 Å². The molecule has 2 aromatic rings. The van der Waals surface area contributed by atoms with Crippen LogP contribution >= 0.6 is 0 Å². The second kappa shape index (κ2) is 7.29. The van der Waals surface area contributed by atoms with E-state index in [0.29, 0.717) is 18.8 Å². The minimum absolute atomic E-state index is 0.0403. The van der Waals surface area contributed by atoms with Crippen LogP contribution in [0.2, 0.25) is 0 Å². The van der Waals surface area contributed by atoms with Crippen molar-refractivity contribution in [3.05, 3.63) is 60.2 Å². The molecule has 1 heterocycles. The summed E-state index contributed by atoms with van der Waals surface area (Å²) >= 11 is 0.